The minimum absolute atomic E-state index is 0.256. The molecule has 2 aromatic carbocycles. The second-order valence-corrected chi connectivity index (χ2v) is 7.17. The fraction of sp³-hybridized carbons (Fsp3) is 0.227. The normalized spacial score (nSPS) is 10.4. The first kappa shape index (κ1) is 21.4. The molecule has 3 rings (SSSR count). The van der Waals surface area contributed by atoms with E-state index in [0.717, 1.165) is 10.4 Å². The molecule has 0 saturated carbocycles. The number of hydrogen-bond donors (Lipinski definition) is 1. The summed E-state index contributed by atoms with van der Waals surface area (Å²) in [7, 11) is 4.59. The van der Waals surface area contributed by atoms with Crippen LogP contribution in [0.5, 0.6) is 17.2 Å². The molecular formula is C22H22FNO5S. The second kappa shape index (κ2) is 9.49. The van der Waals surface area contributed by atoms with E-state index in [1.165, 1.54) is 44.8 Å². The number of hydrogen-bond acceptors (Lipinski definition) is 7. The van der Waals surface area contributed by atoms with Crippen molar-refractivity contribution < 1.29 is 28.1 Å². The molecule has 0 atom stereocenters. The summed E-state index contributed by atoms with van der Waals surface area (Å²) < 4.78 is 34.6. The summed E-state index contributed by atoms with van der Waals surface area (Å²) in [4.78, 5) is 13.7. The van der Waals surface area contributed by atoms with Crippen LogP contribution in [-0.2, 0) is 4.74 Å². The monoisotopic (exact) mass is 431 g/mol. The Kier molecular flexibility index (Phi) is 6.79. The Bertz CT molecular complexity index is 1010. The highest BCUT2D eigenvalue weighted by Crippen LogP contribution is 2.42. The molecule has 0 unspecified atom stereocenters. The van der Waals surface area contributed by atoms with Crippen molar-refractivity contribution in [1.82, 2.24) is 0 Å². The van der Waals surface area contributed by atoms with Gasteiger partial charge in [-0.3, -0.25) is 0 Å². The number of ether oxygens (including phenoxy) is 4. The first-order chi connectivity index (χ1) is 14.5. The zero-order chi connectivity index (χ0) is 21.7. The van der Waals surface area contributed by atoms with Gasteiger partial charge in [0, 0.05) is 22.7 Å². The SMILES string of the molecule is CCOC(=O)c1sc(-c2ccc(F)cc2)cc1Nc1cc(OC)c(OC)c(OC)c1. The molecule has 8 heteroatoms. The summed E-state index contributed by atoms with van der Waals surface area (Å²) in [6.45, 7) is 2.00. The van der Waals surface area contributed by atoms with E-state index < -0.39 is 5.97 Å². The minimum Gasteiger partial charge on any atom is -0.493 e. The average molecular weight is 431 g/mol. The number of rotatable bonds is 8. The van der Waals surface area contributed by atoms with Crippen LogP contribution >= 0.6 is 11.3 Å². The molecular weight excluding hydrogens is 409 g/mol. The topological polar surface area (TPSA) is 66.0 Å². The fourth-order valence-corrected chi connectivity index (χ4v) is 3.91. The van der Waals surface area contributed by atoms with Gasteiger partial charge in [0.15, 0.2) is 11.5 Å². The van der Waals surface area contributed by atoms with Crippen molar-refractivity contribution in [1.29, 1.82) is 0 Å². The van der Waals surface area contributed by atoms with Gasteiger partial charge in [0.1, 0.15) is 10.7 Å². The molecule has 1 N–H and O–H groups in total. The van der Waals surface area contributed by atoms with Crippen LogP contribution in [0.25, 0.3) is 10.4 Å². The maximum Gasteiger partial charge on any atom is 0.350 e. The third kappa shape index (κ3) is 4.49. The molecule has 0 bridgehead atoms. The Morgan fingerprint density at radius 3 is 2.17 bits per heavy atom. The van der Waals surface area contributed by atoms with E-state index in [1.807, 2.05) is 6.07 Å². The van der Waals surface area contributed by atoms with Gasteiger partial charge in [0.25, 0.3) is 0 Å². The summed E-state index contributed by atoms with van der Waals surface area (Å²) in [6.07, 6.45) is 0. The van der Waals surface area contributed by atoms with Gasteiger partial charge in [0.2, 0.25) is 5.75 Å². The maximum atomic E-state index is 13.3. The van der Waals surface area contributed by atoms with Gasteiger partial charge in [-0.2, -0.15) is 0 Å². The molecule has 30 heavy (non-hydrogen) atoms. The molecule has 3 aromatic rings. The number of benzene rings is 2. The van der Waals surface area contributed by atoms with E-state index in [-0.39, 0.29) is 12.4 Å². The molecule has 0 radical (unpaired) electrons. The van der Waals surface area contributed by atoms with Gasteiger partial charge in [-0.05, 0) is 30.7 Å². The van der Waals surface area contributed by atoms with Gasteiger partial charge in [-0.1, -0.05) is 12.1 Å². The number of carbonyl (C=O) groups is 1. The molecule has 6 nitrogen and oxygen atoms in total. The van der Waals surface area contributed by atoms with Gasteiger partial charge in [-0.25, -0.2) is 9.18 Å². The van der Waals surface area contributed by atoms with Crippen molar-refractivity contribution in [3.63, 3.8) is 0 Å². The predicted molar refractivity (Wildman–Crippen MR) is 115 cm³/mol. The van der Waals surface area contributed by atoms with Crippen molar-refractivity contribution in [3.05, 3.63) is 53.2 Å². The molecule has 1 heterocycles. The zero-order valence-electron chi connectivity index (χ0n) is 17.1. The predicted octanol–water partition coefficient (Wildman–Crippen LogP) is 5.50. The van der Waals surface area contributed by atoms with Crippen LogP contribution in [0.1, 0.15) is 16.6 Å². The third-order valence-electron chi connectivity index (χ3n) is 4.27. The summed E-state index contributed by atoms with van der Waals surface area (Å²) in [6, 6.07) is 11.4. The Balaban J connectivity index is 2.04. The van der Waals surface area contributed by atoms with Crippen molar-refractivity contribution in [2.24, 2.45) is 0 Å². The Morgan fingerprint density at radius 1 is 1.00 bits per heavy atom. The first-order valence-corrected chi connectivity index (χ1v) is 9.96. The molecule has 0 saturated heterocycles. The maximum absolute atomic E-state index is 13.3. The number of carbonyl (C=O) groups excluding carboxylic acids is 1. The lowest BCUT2D eigenvalue weighted by atomic mass is 10.2. The van der Waals surface area contributed by atoms with E-state index in [2.05, 4.69) is 5.32 Å². The van der Waals surface area contributed by atoms with E-state index in [9.17, 15) is 9.18 Å². The van der Waals surface area contributed by atoms with Crippen LogP contribution in [-0.4, -0.2) is 33.9 Å². The standard InChI is InChI=1S/C22H22FNO5S/c1-5-29-22(25)21-16(12-19(30-21)13-6-8-14(23)9-7-13)24-15-10-17(26-2)20(28-4)18(11-15)27-3/h6-12,24H,5H2,1-4H3. The molecule has 0 fully saturated rings. The van der Waals surface area contributed by atoms with Crippen LogP contribution in [0.3, 0.4) is 0 Å². The van der Waals surface area contributed by atoms with Crippen LogP contribution in [0, 0.1) is 5.82 Å². The number of nitrogens with one attached hydrogen (secondary N) is 1. The van der Waals surface area contributed by atoms with Crippen LogP contribution in [0.4, 0.5) is 15.8 Å². The van der Waals surface area contributed by atoms with Crippen LogP contribution in [0.2, 0.25) is 0 Å². The van der Waals surface area contributed by atoms with Gasteiger partial charge < -0.3 is 24.3 Å². The molecule has 0 spiro atoms. The van der Waals surface area contributed by atoms with E-state index >= 15 is 0 Å². The van der Waals surface area contributed by atoms with E-state index in [1.54, 1.807) is 31.2 Å². The Labute approximate surface area is 178 Å². The van der Waals surface area contributed by atoms with Crippen molar-refractivity contribution in [2.75, 3.05) is 33.3 Å². The number of halogens is 1. The quantitative estimate of drug-likeness (QED) is 0.475. The van der Waals surface area contributed by atoms with Crippen molar-refractivity contribution >= 4 is 28.7 Å². The molecule has 0 amide bonds. The van der Waals surface area contributed by atoms with Gasteiger partial charge >= 0.3 is 5.97 Å². The lowest BCUT2D eigenvalue weighted by Gasteiger charge is -2.15. The molecule has 158 valence electrons. The number of methoxy groups -OCH3 is 3. The van der Waals surface area contributed by atoms with Gasteiger partial charge in [-0.15, -0.1) is 11.3 Å². The zero-order valence-corrected chi connectivity index (χ0v) is 17.9. The van der Waals surface area contributed by atoms with E-state index in [0.29, 0.717) is 33.5 Å². The highest BCUT2D eigenvalue weighted by atomic mass is 32.1. The van der Waals surface area contributed by atoms with E-state index in [4.69, 9.17) is 18.9 Å². The Morgan fingerprint density at radius 2 is 1.63 bits per heavy atom. The highest BCUT2D eigenvalue weighted by molar-refractivity contribution is 7.18. The summed E-state index contributed by atoms with van der Waals surface area (Å²) >= 11 is 1.27. The minimum atomic E-state index is -0.439. The third-order valence-corrected chi connectivity index (χ3v) is 5.43. The lowest BCUT2D eigenvalue weighted by Crippen LogP contribution is -2.05. The number of anilines is 2. The summed E-state index contributed by atoms with van der Waals surface area (Å²) in [5.74, 6) is 0.660. The van der Waals surface area contributed by atoms with Crippen molar-refractivity contribution in [3.8, 4) is 27.7 Å². The molecule has 0 aliphatic carbocycles. The molecule has 0 aliphatic heterocycles. The molecule has 1 aromatic heterocycles. The number of esters is 1. The smallest absolute Gasteiger partial charge is 0.350 e. The Hall–Kier alpha value is -3.26. The lowest BCUT2D eigenvalue weighted by molar-refractivity contribution is 0.0533. The second-order valence-electron chi connectivity index (χ2n) is 6.12. The largest absolute Gasteiger partial charge is 0.493 e. The van der Waals surface area contributed by atoms with Crippen LogP contribution < -0.4 is 19.5 Å². The van der Waals surface area contributed by atoms with Crippen molar-refractivity contribution in [2.45, 2.75) is 6.92 Å². The number of thiophene rings is 1. The first-order valence-electron chi connectivity index (χ1n) is 9.14. The average Bonchev–Trinajstić information content (AvgIpc) is 3.17. The van der Waals surface area contributed by atoms with Crippen LogP contribution in [0.15, 0.2) is 42.5 Å². The highest BCUT2D eigenvalue weighted by Gasteiger charge is 2.20. The summed E-state index contributed by atoms with van der Waals surface area (Å²) in [5.41, 5.74) is 2.00. The summed E-state index contributed by atoms with van der Waals surface area (Å²) in [5, 5.41) is 3.23. The molecule has 0 aliphatic rings. The van der Waals surface area contributed by atoms with Gasteiger partial charge in [0.05, 0.1) is 33.6 Å². The fourth-order valence-electron chi connectivity index (χ4n) is 2.90.